The molecule has 1 heterocycles. The summed E-state index contributed by atoms with van der Waals surface area (Å²) in [4.78, 5) is 24.9. The van der Waals surface area contributed by atoms with Crippen molar-refractivity contribution < 1.29 is 18.0 Å². The third-order valence-corrected chi connectivity index (χ3v) is 7.59. The molecule has 0 fully saturated rings. The predicted molar refractivity (Wildman–Crippen MR) is 133 cm³/mol. The highest BCUT2D eigenvalue weighted by Gasteiger charge is 2.51. The molecule has 0 aliphatic carbocycles. The average molecular weight is 498 g/mol. The molecular weight excluding hydrogens is 462 g/mol. The van der Waals surface area contributed by atoms with Gasteiger partial charge in [0.2, 0.25) is 21.8 Å². The molecule has 33 heavy (non-hydrogen) atoms. The van der Waals surface area contributed by atoms with Crippen LogP contribution in [0.3, 0.4) is 0 Å². The molecule has 9 nitrogen and oxygen atoms in total. The van der Waals surface area contributed by atoms with Gasteiger partial charge in [-0.1, -0.05) is 71.9 Å². The minimum atomic E-state index is -3.65. The average Bonchev–Trinajstić information content (AvgIpc) is 3.09. The summed E-state index contributed by atoms with van der Waals surface area (Å²) >= 11 is 1.14. The lowest BCUT2D eigenvalue weighted by atomic mass is 9.93. The van der Waals surface area contributed by atoms with Crippen molar-refractivity contribution in [1.82, 2.24) is 15.0 Å². The summed E-state index contributed by atoms with van der Waals surface area (Å²) in [5.41, 5.74) is 4.67. The van der Waals surface area contributed by atoms with Crippen LogP contribution in [-0.4, -0.2) is 49.3 Å². The number of hydrazone groups is 1. The van der Waals surface area contributed by atoms with E-state index in [-0.39, 0.29) is 35.8 Å². The minimum absolute atomic E-state index is 0.124. The summed E-state index contributed by atoms with van der Waals surface area (Å²) in [6, 6.07) is 9.09. The van der Waals surface area contributed by atoms with Crippen molar-refractivity contribution in [1.29, 1.82) is 0 Å². The summed E-state index contributed by atoms with van der Waals surface area (Å²) in [7, 11) is -3.65. The van der Waals surface area contributed by atoms with Crippen molar-refractivity contribution in [2.45, 2.75) is 52.8 Å². The predicted octanol–water partition coefficient (Wildman–Crippen LogP) is 2.16. The number of rotatable bonds is 7. The molecule has 1 aliphatic rings. The van der Waals surface area contributed by atoms with Gasteiger partial charge >= 0.3 is 0 Å². The van der Waals surface area contributed by atoms with E-state index >= 15 is 0 Å². The monoisotopic (exact) mass is 497 g/mol. The van der Waals surface area contributed by atoms with Gasteiger partial charge in [0.05, 0.1) is 12.3 Å². The van der Waals surface area contributed by atoms with Gasteiger partial charge in [0.25, 0.3) is 0 Å². The smallest absolute Gasteiger partial charge is 0.249 e. The van der Waals surface area contributed by atoms with Gasteiger partial charge in [0.1, 0.15) is 0 Å². The van der Waals surface area contributed by atoms with E-state index < -0.39 is 25.7 Å². The normalized spacial score (nSPS) is 19.4. The number of carbonyl (C=O) groups is 2. The molecule has 184 valence electrons. The van der Waals surface area contributed by atoms with Crippen LogP contribution >= 0.6 is 11.8 Å². The molecule has 0 saturated carbocycles. The summed E-state index contributed by atoms with van der Waals surface area (Å²) in [6.45, 7) is 10.7. The zero-order valence-corrected chi connectivity index (χ0v) is 21.8. The largest absolute Gasteiger partial charge is 0.330 e. The highest BCUT2D eigenvalue weighted by atomic mass is 32.2. The van der Waals surface area contributed by atoms with Gasteiger partial charge in [0, 0.05) is 10.8 Å². The number of sulfonamides is 1. The van der Waals surface area contributed by atoms with Crippen molar-refractivity contribution in [3.63, 3.8) is 0 Å². The van der Waals surface area contributed by atoms with Crippen LogP contribution in [0.1, 0.15) is 53.5 Å². The number of hydrogen-bond acceptors (Lipinski definition) is 7. The molecule has 4 N–H and O–H groups in total. The van der Waals surface area contributed by atoms with E-state index in [9.17, 15) is 18.0 Å². The maximum absolute atomic E-state index is 13.5. The Bertz CT molecular complexity index is 998. The number of nitrogens with zero attached hydrogens (tertiary/aromatic N) is 2. The van der Waals surface area contributed by atoms with Gasteiger partial charge in [0.15, 0.2) is 10.0 Å². The lowest BCUT2D eigenvalue weighted by Crippen LogP contribution is -2.52. The first-order valence-corrected chi connectivity index (χ1v) is 13.3. The van der Waals surface area contributed by atoms with Crippen molar-refractivity contribution >= 4 is 38.8 Å². The second-order valence-electron chi connectivity index (χ2n) is 10.0. The number of nitrogens with two attached hydrogens (primary N) is 1. The fourth-order valence-electron chi connectivity index (χ4n) is 2.90. The number of hydrogen-bond donors (Lipinski definition) is 3. The van der Waals surface area contributed by atoms with E-state index in [0.29, 0.717) is 12.0 Å². The lowest BCUT2D eigenvalue weighted by Gasteiger charge is -2.38. The molecule has 0 aromatic heterocycles. The molecule has 1 aromatic rings. The number of benzene rings is 1. The van der Waals surface area contributed by atoms with Gasteiger partial charge in [-0.3, -0.25) is 9.59 Å². The van der Waals surface area contributed by atoms with Crippen LogP contribution in [0.15, 0.2) is 35.4 Å². The Morgan fingerprint density at radius 1 is 1.09 bits per heavy atom. The maximum atomic E-state index is 13.5. The third-order valence-electron chi connectivity index (χ3n) is 4.91. The van der Waals surface area contributed by atoms with Crippen LogP contribution in [0.2, 0.25) is 0 Å². The summed E-state index contributed by atoms with van der Waals surface area (Å²) in [5.74, 6) is -0.690. The molecule has 2 amide bonds. The van der Waals surface area contributed by atoms with Gasteiger partial charge in [-0.15, -0.1) is 5.10 Å². The Hall–Kier alpha value is -1.95. The topological polar surface area (TPSA) is 134 Å². The van der Waals surface area contributed by atoms with Crippen molar-refractivity contribution in [3.05, 3.63) is 35.9 Å². The Labute approximate surface area is 201 Å². The molecular formula is C22H35N5O4S2. The number of carbonyl (C=O) groups excluding carboxylic acids is 2. The van der Waals surface area contributed by atoms with Gasteiger partial charge < -0.3 is 11.1 Å². The first-order valence-electron chi connectivity index (χ1n) is 10.8. The first-order chi connectivity index (χ1) is 15.1. The maximum Gasteiger partial charge on any atom is 0.249 e. The van der Waals surface area contributed by atoms with E-state index in [1.165, 1.54) is 5.01 Å². The first kappa shape index (κ1) is 27.3. The summed E-state index contributed by atoms with van der Waals surface area (Å²) < 4.78 is 27.8. The Balaban J connectivity index is 2.54. The Morgan fingerprint density at radius 2 is 1.70 bits per heavy atom. The van der Waals surface area contributed by atoms with E-state index in [4.69, 9.17) is 5.73 Å². The zero-order chi connectivity index (χ0) is 25.1. The van der Waals surface area contributed by atoms with Crippen LogP contribution in [-0.2, 0) is 24.5 Å². The molecule has 0 radical (unpaired) electrons. The number of nitrogens with one attached hydrogen (secondary N) is 2. The van der Waals surface area contributed by atoms with Crippen molar-refractivity contribution in [2.24, 2.45) is 21.7 Å². The Morgan fingerprint density at radius 3 is 2.21 bits per heavy atom. The second-order valence-corrected chi connectivity index (χ2v) is 13.2. The third kappa shape index (κ3) is 6.78. The number of thioether (sulfide) groups is 1. The van der Waals surface area contributed by atoms with Crippen LogP contribution in [0, 0.1) is 10.8 Å². The van der Waals surface area contributed by atoms with Gasteiger partial charge in [-0.25, -0.2) is 18.1 Å². The van der Waals surface area contributed by atoms with E-state index in [1.54, 1.807) is 41.5 Å². The molecule has 1 unspecified atom stereocenters. The number of amides is 2. The van der Waals surface area contributed by atoms with Crippen LogP contribution < -0.4 is 15.8 Å². The molecule has 2 rings (SSSR count). The second kappa shape index (κ2) is 10.1. The zero-order valence-electron chi connectivity index (χ0n) is 20.1. The molecule has 1 atom stereocenters. The molecule has 1 aromatic carbocycles. The quantitative estimate of drug-likeness (QED) is 0.529. The van der Waals surface area contributed by atoms with Crippen LogP contribution in [0.4, 0.5) is 0 Å². The van der Waals surface area contributed by atoms with Crippen LogP contribution in [0.25, 0.3) is 0 Å². The molecule has 0 spiro atoms. The van der Waals surface area contributed by atoms with E-state index in [1.807, 2.05) is 30.3 Å². The van der Waals surface area contributed by atoms with E-state index in [0.717, 1.165) is 11.8 Å². The molecule has 0 saturated heterocycles. The fourth-order valence-corrected chi connectivity index (χ4v) is 5.31. The highest BCUT2D eigenvalue weighted by molar-refractivity contribution is 8.14. The minimum Gasteiger partial charge on any atom is -0.330 e. The van der Waals surface area contributed by atoms with Crippen molar-refractivity contribution in [2.75, 3.05) is 18.8 Å². The standard InChI is InChI=1S/C22H35N5O4S2/c1-20(2,3)17(28)25-19-26-27(18(29)21(4,5)6)22(32-19,16-11-8-7-9-12-16)15-24-33(30,31)14-10-13-23/h7-9,11-12,24H,10,13-15,23H2,1-6H3,(H,25,26,28). The molecule has 0 bridgehead atoms. The van der Waals surface area contributed by atoms with Gasteiger partial charge in [-0.2, -0.15) is 0 Å². The Kier molecular flexibility index (Phi) is 8.37. The fraction of sp³-hybridized carbons (Fsp3) is 0.591. The SMILES string of the molecule is CC(C)(C)C(=O)NC1=NN(C(=O)C(C)(C)C)C(CNS(=O)(=O)CCCN)(c2ccccc2)S1. The molecule has 1 aliphatic heterocycles. The number of amidine groups is 1. The molecule has 11 heteroatoms. The van der Waals surface area contributed by atoms with Crippen LogP contribution in [0.5, 0.6) is 0 Å². The summed E-state index contributed by atoms with van der Waals surface area (Å²) in [6.07, 6.45) is 0.314. The summed E-state index contributed by atoms with van der Waals surface area (Å²) in [5, 5.41) is 8.81. The van der Waals surface area contributed by atoms with E-state index in [2.05, 4.69) is 15.1 Å². The lowest BCUT2D eigenvalue weighted by molar-refractivity contribution is -0.143. The van der Waals surface area contributed by atoms with Gasteiger partial charge in [-0.05, 0) is 30.3 Å². The van der Waals surface area contributed by atoms with Crippen molar-refractivity contribution in [3.8, 4) is 0 Å². The highest BCUT2D eigenvalue weighted by Crippen LogP contribution is 2.46.